The molecule has 0 bridgehead atoms. The quantitative estimate of drug-likeness (QED) is 0.215. The summed E-state index contributed by atoms with van der Waals surface area (Å²) in [5.74, 6) is 0.251. The molecule has 0 saturated heterocycles. The van der Waals surface area contributed by atoms with E-state index in [1.54, 1.807) is 13.8 Å². The maximum Gasteiger partial charge on any atom is 0.309 e. The van der Waals surface area contributed by atoms with Gasteiger partial charge >= 0.3 is 11.9 Å². The zero-order valence-electron chi connectivity index (χ0n) is 31.5. The second-order valence-electron chi connectivity index (χ2n) is 19.6. The van der Waals surface area contributed by atoms with Crippen LogP contribution < -0.4 is 5.32 Å². The smallest absolute Gasteiger partial charge is 0.309 e. The van der Waals surface area contributed by atoms with Gasteiger partial charge in [0.15, 0.2) is 5.78 Å². The normalized spacial score (nSPS) is 41.5. The third kappa shape index (κ3) is 5.20. The van der Waals surface area contributed by atoms with Crippen molar-refractivity contribution in [2.45, 2.75) is 164 Å². The molecule has 1 unspecified atom stereocenters. The molecule has 270 valence electrons. The minimum atomic E-state index is -1.15. The van der Waals surface area contributed by atoms with E-state index in [-0.39, 0.29) is 45.9 Å². The van der Waals surface area contributed by atoms with E-state index in [1.165, 1.54) is 24.8 Å². The molecule has 0 aliphatic heterocycles. The van der Waals surface area contributed by atoms with Crippen LogP contribution in [0, 0.1) is 56.2 Å². The Morgan fingerprint density at radius 2 is 1.60 bits per heavy atom. The second-order valence-corrected chi connectivity index (χ2v) is 19.6. The first kappa shape index (κ1) is 36.1. The number of nitrogens with one attached hydrogen (secondary N) is 1. The predicted octanol–water partition coefficient (Wildman–Crippen LogP) is 7.88. The maximum absolute atomic E-state index is 13.9. The summed E-state index contributed by atoms with van der Waals surface area (Å²) in [6.07, 6.45) is 11.3. The highest BCUT2D eigenvalue weighted by Gasteiger charge is 2.70. The molecule has 6 aliphatic carbocycles. The van der Waals surface area contributed by atoms with Gasteiger partial charge in [-0.1, -0.05) is 60.5 Å². The molecule has 7 nitrogen and oxygen atoms in total. The Hall–Kier alpha value is -1.73. The molecular formula is C41H65NO6. The molecule has 3 N–H and O–H groups in total. The van der Waals surface area contributed by atoms with Gasteiger partial charge in [0, 0.05) is 29.8 Å². The fourth-order valence-corrected chi connectivity index (χ4v) is 13.0. The summed E-state index contributed by atoms with van der Waals surface area (Å²) < 4.78 is 6.15. The summed E-state index contributed by atoms with van der Waals surface area (Å²) in [4.78, 5) is 38.7. The van der Waals surface area contributed by atoms with Crippen LogP contribution in [0.25, 0.3) is 0 Å². The van der Waals surface area contributed by atoms with Crippen molar-refractivity contribution in [1.82, 2.24) is 5.32 Å². The molecule has 0 amide bonds. The van der Waals surface area contributed by atoms with Gasteiger partial charge in [-0.05, 0) is 124 Å². The van der Waals surface area contributed by atoms with Gasteiger partial charge in [-0.3, -0.25) is 14.4 Å². The van der Waals surface area contributed by atoms with E-state index in [0.29, 0.717) is 36.8 Å². The van der Waals surface area contributed by atoms with Crippen molar-refractivity contribution in [2.24, 2.45) is 56.2 Å². The molecule has 9 atom stereocenters. The van der Waals surface area contributed by atoms with Gasteiger partial charge in [0.25, 0.3) is 0 Å². The topological polar surface area (TPSA) is 113 Å². The van der Waals surface area contributed by atoms with Gasteiger partial charge in [-0.2, -0.15) is 0 Å². The van der Waals surface area contributed by atoms with Crippen LogP contribution in [0.4, 0.5) is 0 Å². The number of rotatable bonds is 9. The van der Waals surface area contributed by atoms with Gasteiger partial charge in [-0.15, -0.1) is 0 Å². The van der Waals surface area contributed by atoms with Crippen LogP contribution in [0.5, 0.6) is 0 Å². The van der Waals surface area contributed by atoms with Crippen LogP contribution in [0.1, 0.15) is 146 Å². The highest BCUT2D eigenvalue weighted by molar-refractivity contribution is 6.00. The van der Waals surface area contributed by atoms with Crippen LogP contribution in [0.3, 0.4) is 0 Å². The van der Waals surface area contributed by atoms with E-state index >= 15 is 0 Å². The average Bonchev–Trinajstić information content (AvgIpc) is 3.27. The Morgan fingerprint density at radius 3 is 2.21 bits per heavy atom. The number of carbonyl (C=O) groups is 3. The summed E-state index contributed by atoms with van der Waals surface area (Å²) in [6.45, 7) is 20.3. The molecule has 48 heavy (non-hydrogen) atoms. The summed E-state index contributed by atoms with van der Waals surface area (Å²) in [5, 5.41) is 25.2. The number of aliphatic carboxylic acids is 1. The standard InChI is InChI=1S/C41H65NO6/c1-24(2)33-27(43)21-41(30(44)23-42-25-11-10-12-25)20-19-39(8)26(34(33)41)13-14-29-38(7)17-16-31(48-32(45)22-36(3,4)35(46)47)37(5,6)28(38)15-18-40(29,39)9/h24-26,28-31,42,44H,10-23H2,1-9H3,(H,46,47)/t26-,28-,29?,30-,31+,38+,39-,40-,41+/m1/s1. The van der Waals surface area contributed by atoms with E-state index in [4.69, 9.17) is 4.74 Å². The van der Waals surface area contributed by atoms with Crippen LogP contribution in [0.2, 0.25) is 0 Å². The van der Waals surface area contributed by atoms with Crippen LogP contribution in [-0.4, -0.2) is 52.7 Å². The molecule has 0 heterocycles. The molecule has 6 aliphatic rings. The molecule has 0 spiro atoms. The fourth-order valence-electron chi connectivity index (χ4n) is 13.0. The van der Waals surface area contributed by atoms with Crippen LogP contribution >= 0.6 is 0 Å². The van der Waals surface area contributed by atoms with Gasteiger partial charge in [-0.25, -0.2) is 0 Å². The number of ketones is 1. The van der Waals surface area contributed by atoms with E-state index in [9.17, 15) is 24.6 Å². The van der Waals surface area contributed by atoms with Gasteiger partial charge in [0.2, 0.25) is 0 Å². The van der Waals surface area contributed by atoms with Gasteiger partial charge in [0.05, 0.1) is 17.9 Å². The van der Waals surface area contributed by atoms with E-state index in [1.807, 2.05) is 0 Å². The van der Waals surface area contributed by atoms with Crippen molar-refractivity contribution in [1.29, 1.82) is 0 Å². The highest BCUT2D eigenvalue weighted by Crippen LogP contribution is 2.77. The monoisotopic (exact) mass is 667 g/mol. The van der Waals surface area contributed by atoms with Crippen molar-refractivity contribution in [3.63, 3.8) is 0 Å². The molecule has 0 aromatic rings. The number of Topliss-reactive ketones (excluding diaryl/α,β-unsaturated/α-hetero) is 1. The molecule has 5 saturated carbocycles. The number of carboxylic acids is 1. The minimum absolute atomic E-state index is 0.0322. The molecule has 0 radical (unpaired) electrons. The Labute approximate surface area is 289 Å². The number of carboxylic acid groups (broad SMARTS) is 1. The number of allylic oxidation sites excluding steroid dienone is 1. The Kier molecular flexibility index (Phi) is 8.96. The number of esters is 1. The number of hydrogen-bond donors (Lipinski definition) is 3. The van der Waals surface area contributed by atoms with E-state index < -0.39 is 28.9 Å². The first-order chi connectivity index (χ1) is 22.2. The fraction of sp³-hybridized carbons (Fsp3) is 0.878. The summed E-state index contributed by atoms with van der Waals surface area (Å²) in [5.41, 5.74) is 0.770. The zero-order valence-corrected chi connectivity index (χ0v) is 31.5. The molecule has 0 aromatic carbocycles. The van der Waals surface area contributed by atoms with Crippen molar-refractivity contribution in [2.75, 3.05) is 6.54 Å². The molecule has 6 rings (SSSR count). The van der Waals surface area contributed by atoms with Gasteiger partial charge < -0.3 is 20.3 Å². The zero-order chi connectivity index (χ0) is 35.2. The molecule has 5 fully saturated rings. The Morgan fingerprint density at radius 1 is 0.917 bits per heavy atom. The predicted molar refractivity (Wildman–Crippen MR) is 187 cm³/mol. The van der Waals surface area contributed by atoms with Gasteiger partial charge in [0.1, 0.15) is 6.10 Å². The Bertz CT molecular complexity index is 1360. The largest absolute Gasteiger partial charge is 0.481 e. The summed E-state index contributed by atoms with van der Waals surface area (Å²) in [7, 11) is 0. The third-order valence-corrected chi connectivity index (χ3v) is 16.2. The maximum atomic E-state index is 13.9. The number of hydrogen-bond acceptors (Lipinski definition) is 6. The molecular weight excluding hydrogens is 602 g/mol. The number of aliphatic hydroxyl groups is 1. The Balaban J connectivity index is 1.28. The lowest BCUT2D eigenvalue weighted by Crippen LogP contribution is -2.66. The lowest BCUT2D eigenvalue weighted by atomic mass is 9.33. The van der Waals surface area contributed by atoms with E-state index in [0.717, 1.165) is 56.9 Å². The number of fused-ring (bicyclic) bond motifs is 7. The van der Waals surface area contributed by atoms with Crippen molar-refractivity contribution in [3.05, 3.63) is 11.1 Å². The number of aliphatic hydroxyl groups excluding tert-OH is 1. The average molecular weight is 668 g/mol. The molecule has 0 aromatic heterocycles. The first-order valence-electron chi connectivity index (χ1n) is 19.4. The molecule has 7 heteroatoms. The SMILES string of the molecule is CC(C)C1=C2[C@H]3CCC4[C@@]5(C)CC[C@H](OC(=O)CC(C)(C)C(=O)O)C(C)(C)[C@H]5CC[C@@]4(C)[C@]3(C)CC[C@@]2([C@H](O)CNC2CCC2)CC1=O. The third-order valence-electron chi connectivity index (χ3n) is 16.2. The van der Waals surface area contributed by atoms with Crippen molar-refractivity contribution < 1.29 is 29.3 Å². The number of ether oxygens (including phenoxy) is 1. The van der Waals surface area contributed by atoms with Crippen LogP contribution in [0.15, 0.2) is 11.1 Å². The van der Waals surface area contributed by atoms with Crippen molar-refractivity contribution in [3.8, 4) is 0 Å². The second kappa shape index (κ2) is 11.9. The number of carbonyl (C=O) groups excluding carboxylic acids is 2. The van der Waals surface area contributed by atoms with Crippen molar-refractivity contribution >= 4 is 17.7 Å². The lowest BCUT2D eigenvalue weighted by molar-refractivity contribution is -0.235. The lowest BCUT2D eigenvalue weighted by Gasteiger charge is -2.72. The van der Waals surface area contributed by atoms with E-state index in [2.05, 4.69) is 53.8 Å². The first-order valence-corrected chi connectivity index (χ1v) is 19.4. The summed E-state index contributed by atoms with van der Waals surface area (Å²) >= 11 is 0. The van der Waals surface area contributed by atoms with Crippen LogP contribution in [-0.2, 0) is 19.1 Å². The summed E-state index contributed by atoms with van der Waals surface area (Å²) in [6, 6.07) is 0.503. The minimum Gasteiger partial charge on any atom is -0.481 e. The highest BCUT2D eigenvalue weighted by atomic mass is 16.5.